The molecule has 1 aromatic heterocycles. The molecule has 0 bridgehead atoms. The maximum absolute atomic E-state index is 12.9. The minimum Gasteiger partial charge on any atom is -0.493 e. The van der Waals surface area contributed by atoms with E-state index in [0.29, 0.717) is 39.7 Å². The van der Waals surface area contributed by atoms with E-state index < -0.39 is 0 Å². The van der Waals surface area contributed by atoms with Crippen molar-refractivity contribution in [3.63, 3.8) is 0 Å². The lowest BCUT2D eigenvalue weighted by Crippen LogP contribution is -2.07. The Hall–Kier alpha value is -1.78. The Bertz CT molecular complexity index is 916. The van der Waals surface area contributed by atoms with Crippen LogP contribution in [0.25, 0.3) is 22.1 Å². The second kappa shape index (κ2) is 7.41. The summed E-state index contributed by atoms with van der Waals surface area (Å²) in [5.74, 6) is 1.28. The molecule has 3 rings (SSSR count). The van der Waals surface area contributed by atoms with Crippen molar-refractivity contribution in [1.29, 1.82) is 0 Å². The fourth-order valence-electron chi connectivity index (χ4n) is 2.57. The molecule has 0 fully saturated rings. The molecule has 0 spiro atoms. The number of benzene rings is 2. The third-order valence-electron chi connectivity index (χ3n) is 3.72. The topological polar surface area (TPSA) is 39.4 Å². The minimum absolute atomic E-state index is 0.0527. The first-order valence-electron chi connectivity index (χ1n) is 7.62. The maximum Gasteiger partial charge on any atom is 0.200 e. The van der Waals surface area contributed by atoms with E-state index in [1.54, 1.807) is 37.3 Å². The molecule has 124 valence electrons. The summed E-state index contributed by atoms with van der Waals surface area (Å²) in [5, 5.41) is 2.06. The number of alkyl halides is 1. The Morgan fingerprint density at radius 3 is 2.62 bits per heavy atom. The molecular weight excluding hydrogens is 392 g/mol. The van der Waals surface area contributed by atoms with Crippen LogP contribution in [0.1, 0.15) is 12.2 Å². The number of aryl methyl sites for hydroxylation is 1. The summed E-state index contributed by atoms with van der Waals surface area (Å²) in [5.41, 5.74) is 1.84. The third-order valence-corrected chi connectivity index (χ3v) is 4.53. The predicted molar refractivity (Wildman–Crippen MR) is 102 cm³/mol. The molecule has 0 saturated heterocycles. The number of fused-ring (bicyclic) bond motifs is 1. The molecule has 1 heterocycles. The molecule has 0 amide bonds. The third kappa shape index (κ3) is 3.50. The van der Waals surface area contributed by atoms with Crippen LogP contribution in [0.15, 0.2) is 51.7 Å². The van der Waals surface area contributed by atoms with Crippen molar-refractivity contribution >= 4 is 38.5 Å². The SMILES string of the molecule is Cc1oc2cc(OCCCBr)ccc2c(=O)c1-c1ccc(Cl)cc1. The molecule has 0 aliphatic rings. The largest absolute Gasteiger partial charge is 0.493 e. The maximum atomic E-state index is 12.9. The van der Waals surface area contributed by atoms with Gasteiger partial charge in [0.25, 0.3) is 0 Å². The molecule has 5 heteroatoms. The van der Waals surface area contributed by atoms with Crippen LogP contribution in [-0.4, -0.2) is 11.9 Å². The van der Waals surface area contributed by atoms with Crippen molar-refractivity contribution in [2.75, 3.05) is 11.9 Å². The van der Waals surface area contributed by atoms with Crippen molar-refractivity contribution < 1.29 is 9.15 Å². The zero-order chi connectivity index (χ0) is 17.1. The van der Waals surface area contributed by atoms with Crippen LogP contribution < -0.4 is 10.2 Å². The van der Waals surface area contributed by atoms with Gasteiger partial charge in [-0.15, -0.1) is 0 Å². The molecule has 0 aliphatic carbocycles. The second-order valence-electron chi connectivity index (χ2n) is 5.42. The number of hydrogen-bond donors (Lipinski definition) is 0. The fourth-order valence-corrected chi connectivity index (χ4v) is 2.93. The van der Waals surface area contributed by atoms with E-state index in [1.165, 1.54) is 0 Å². The van der Waals surface area contributed by atoms with Gasteiger partial charge in [0.05, 0.1) is 17.6 Å². The monoisotopic (exact) mass is 406 g/mol. The van der Waals surface area contributed by atoms with Crippen molar-refractivity contribution in [1.82, 2.24) is 0 Å². The zero-order valence-corrected chi connectivity index (χ0v) is 15.5. The first-order valence-corrected chi connectivity index (χ1v) is 9.12. The quantitative estimate of drug-likeness (QED) is 0.409. The molecule has 2 aromatic carbocycles. The van der Waals surface area contributed by atoms with Crippen molar-refractivity contribution in [2.45, 2.75) is 13.3 Å². The molecule has 0 atom stereocenters. The van der Waals surface area contributed by atoms with E-state index in [1.807, 2.05) is 12.1 Å². The van der Waals surface area contributed by atoms with Gasteiger partial charge in [0, 0.05) is 16.4 Å². The first-order chi connectivity index (χ1) is 11.6. The standard InChI is InChI=1S/C19H16BrClO3/c1-12-18(13-3-5-14(21)6-4-13)19(22)16-8-7-15(11-17(16)24-12)23-10-2-9-20/h3-8,11H,2,9-10H2,1H3. The lowest BCUT2D eigenvalue weighted by molar-refractivity contribution is 0.319. The van der Waals surface area contributed by atoms with E-state index in [-0.39, 0.29) is 5.43 Å². The van der Waals surface area contributed by atoms with Gasteiger partial charge in [0.15, 0.2) is 0 Å². The first kappa shape index (κ1) is 17.1. The van der Waals surface area contributed by atoms with Crippen molar-refractivity contribution in [3.8, 4) is 16.9 Å². The van der Waals surface area contributed by atoms with Crippen LogP contribution in [0.2, 0.25) is 5.02 Å². The van der Waals surface area contributed by atoms with Crippen LogP contribution >= 0.6 is 27.5 Å². The molecule has 0 unspecified atom stereocenters. The summed E-state index contributed by atoms with van der Waals surface area (Å²) in [6.45, 7) is 2.41. The van der Waals surface area contributed by atoms with Gasteiger partial charge < -0.3 is 9.15 Å². The van der Waals surface area contributed by atoms with Crippen LogP contribution in [-0.2, 0) is 0 Å². The van der Waals surface area contributed by atoms with Gasteiger partial charge >= 0.3 is 0 Å². The van der Waals surface area contributed by atoms with E-state index in [4.69, 9.17) is 20.8 Å². The van der Waals surface area contributed by atoms with E-state index in [0.717, 1.165) is 17.3 Å². The van der Waals surface area contributed by atoms with Crippen LogP contribution in [0, 0.1) is 6.92 Å². The van der Waals surface area contributed by atoms with Crippen LogP contribution in [0.5, 0.6) is 5.75 Å². The average Bonchev–Trinajstić information content (AvgIpc) is 2.56. The van der Waals surface area contributed by atoms with Gasteiger partial charge in [-0.3, -0.25) is 4.79 Å². The van der Waals surface area contributed by atoms with Crippen molar-refractivity contribution in [3.05, 3.63) is 63.5 Å². The molecule has 24 heavy (non-hydrogen) atoms. The van der Waals surface area contributed by atoms with Crippen LogP contribution in [0.4, 0.5) is 0 Å². The van der Waals surface area contributed by atoms with Gasteiger partial charge in [-0.2, -0.15) is 0 Å². The molecule has 3 nitrogen and oxygen atoms in total. The van der Waals surface area contributed by atoms with E-state index >= 15 is 0 Å². The molecule has 0 aliphatic heterocycles. The highest BCUT2D eigenvalue weighted by Crippen LogP contribution is 2.27. The lowest BCUT2D eigenvalue weighted by Gasteiger charge is -2.09. The Labute approximate surface area is 153 Å². The smallest absolute Gasteiger partial charge is 0.200 e. The van der Waals surface area contributed by atoms with Gasteiger partial charge in [0.2, 0.25) is 5.43 Å². The zero-order valence-electron chi connectivity index (χ0n) is 13.1. The Kier molecular flexibility index (Phi) is 5.27. The van der Waals surface area contributed by atoms with Gasteiger partial charge in [-0.05, 0) is 43.2 Å². The summed E-state index contributed by atoms with van der Waals surface area (Å²) in [4.78, 5) is 12.9. The fraction of sp³-hybridized carbons (Fsp3) is 0.211. The number of rotatable bonds is 5. The highest BCUT2D eigenvalue weighted by Gasteiger charge is 2.14. The molecule has 0 saturated carbocycles. The van der Waals surface area contributed by atoms with Gasteiger partial charge in [-0.25, -0.2) is 0 Å². The predicted octanol–water partition coefficient (Wildman–Crippen LogP) is 5.59. The molecule has 0 N–H and O–H groups in total. The summed E-state index contributed by atoms with van der Waals surface area (Å²) >= 11 is 9.29. The minimum atomic E-state index is -0.0527. The second-order valence-corrected chi connectivity index (χ2v) is 6.65. The van der Waals surface area contributed by atoms with Gasteiger partial charge in [-0.1, -0.05) is 39.7 Å². The number of ether oxygens (including phenoxy) is 1. The Morgan fingerprint density at radius 1 is 1.17 bits per heavy atom. The number of hydrogen-bond acceptors (Lipinski definition) is 3. The lowest BCUT2D eigenvalue weighted by atomic mass is 10.0. The van der Waals surface area contributed by atoms with E-state index in [2.05, 4.69) is 15.9 Å². The van der Waals surface area contributed by atoms with Gasteiger partial charge in [0.1, 0.15) is 17.1 Å². The van der Waals surface area contributed by atoms with E-state index in [9.17, 15) is 4.79 Å². The molecular formula is C19H16BrClO3. The summed E-state index contributed by atoms with van der Waals surface area (Å²) < 4.78 is 11.5. The highest BCUT2D eigenvalue weighted by atomic mass is 79.9. The summed E-state index contributed by atoms with van der Waals surface area (Å²) in [6, 6.07) is 12.5. The summed E-state index contributed by atoms with van der Waals surface area (Å²) in [6.07, 6.45) is 0.913. The van der Waals surface area contributed by atoms with Crippen LogP contribution in [0.3, 0.4) is 0 Å². The highest BCUT2D eigenvalue weighted by molar-refractivity contribution is 9.09. The normalized spacial score (nSPS) is 11.0. The Balaban J connectivity index is 2.06. The Morgan fingerprint density at radius 2 is 1.92 bits per heavy atom. The number of halogens is 2. The summed E-state index contributed by atoms with van der Waals surface area (Å²) in [7, 11) is 0. The van der Waals surface area contributed by atoms with Crippen molar-refractivity contribution in [2.24, 2.45) is 0 Å². The average molecular weight is 408 g/mol. The molecule has 0 radical (unpaired) electrons. The molecule has 3 aromatic rings.